The predicted octanol–water partition coefficient (Wildman–Crippen LogP) is 2.64. The Morgan fingerprint density at radius 3 is 2.73 bits per heavy atom. The molecule has 0 aliphatic heterocycles. The van der Waals surface area contributed by atoms with Crippen molar-refractivity contribution in [2.75, 3.05) is 6.54 Å². The zero-order valence-corrected chi connectivity index (χ0v) is 13.0. The van der Waals surface area contributed by atoms with Gasteiger partial charge < -0.3 is 14.8 Å². The van der Waals surface area contributed by atoms with Crippen LogP contribution in [0.5, 0.6) is 0 Å². The van der Waals surface area contributed by atoms with E-state index in [1.165, 1.54) is 5.56 Å². The number of hydrogen-bond acceptors (Lipinski definition) is 3. The highest BCUT2D eigenvalue weighted by Gasteiger charge is 2.22. The minimum Gasteiger partial charge on any atom is -0.384 e. The summed E-state index contributed by atoms with van der Waals surface area (Å²) in [5.41, 5.74) is 3.25. The van der Waals surface area contributed by atoms with Crippen LogP contribution in [0.2, 0.25) is 0 Å². The van der Waals surface area contributed by atoms with Crippen LogP contribution in [-0.2, 0) is 12.1 Å². The van der Waals surface area contributed by atoms with E-state index >= 15 is 0 Å². The van der Waals surface area contributed by atoms with Crippen LogP contribution in [0, 0.1) is 6.92 Å². The van der Waals surface area contributed by atoms with E-state index in [0.717, 1.165) is 16.9 Å². The third-order valence-electron chi connectivity index (χ3n) is 3.90. The van der Waals surface area contributed by atoms with Gasteiger partial charge in [-0.25, -0.2) is 4.98 Å². The lowest BCUT2D eigenvalue weighted by Gasteiger charge is -2.24. The summed E-state index contributed by atoms with van der Waals surface area (Å²) in [6.45, 7) is 5.04. The number of aryl methyl sites for hydroxylation is 1. The van der Waals surface area contributed by atoms with E-state index in [9.17, 15) is 5.11 Å². The molecule has 1 aromatic carbocycles. The Labute approximate surface area is 130 Å². The van der Waals surface area contributed by atoms with Gasteiger partial charge in [-0.15, -0.1) is 0 Å². The molecule has 0 saturated heterocycles. The van der Waals surface area contributed by atoms with Gasteiger partial charge in [-0.1, -0.05) is 36.4 Å². The van der Waals surface area contributed by atoms with Gasteiger partial charge in [0, 0.05) is 19.3 Å². The molecule has 2 N–H and O–H groups in total. The molecule has 3 aromatic rings. The monoisotopic (exact) mass is 295 g/mol. The Morgan fingerprint density at radius 2 is 1.95 bits per heavy atom. The van der Waals surface area contributed by atoms with Crippen LogP contribution >= 0.6 is 0 Å². The van der Waals surface area contributed by atoms with Gasteiger partial charge in [0.05, 0.1) is 17.5 Å². The first kappa shape index (κ1) is 14.8. The van der Waals surface area contributed by atoms with Crippen LogP contribution in [0.25, 0.3) is 5.65 Å². The van der Waals surface area contributed by atoms with E-state index in [0.29, 0.717) is 13.1 Å². The van der Waals surface area contributed by atoms with Crippen LogP contribution < -0.4 is 5.32 Å². The minimum absolute atomic E-state index is 0.482. The molecule has 1 unspecified atom stereocenters. The lowest BCUT2D eigenvalue weighted by atomic mass is 9.96. The molecule has 2 aromatic heterocycles. The standard InChI is InChI=1S/C18H21N3O/c1-14-8-9-17-20-11-16(21(17)12-14)10-19-13-18(2,22)15-6-4-3-5-7-15/h3-9,11-12,19,22H,10,13H2,1-2H3. The summed E-state index contributed by atoms with van der Waals surface area (Å²) in [7, 11) is 0. The van der Waals surface area contributed by atoms with Crippen molar-refractivity contribution in [1.82, 2.24) is 14.7 Å². The van der Waals surface area contributed by atoms with E-state index in [1.807, 2.05) is 49.5 Å². The fraction of sp³-hybridized carbons (Fsp3) is 0.278. The molecule has 0 aliphatic carbocycles. The first-order valence-electron chi connectivity index (χ1n) is 7.47. The molecular formula is C18H21N3O. The minimum atomic E-state index is -0.891. The Bertz CT molecular complexity index is 762. The number of aromatic nitrogens is 2. The van der Waals surface area contributed by atoms with E-state index < -0.39 is 5.60 Å². The average Bonchev–Trinajstić information content (AvgIpc) is 2.90. The fourth-order valence-electron chi connectivity index (χ4n) is 2.60. The highest BCUT2D eigenvalue weighted by Crippen LogP contribution is 2.19. The number of benzene rings is 1. The maximum Gasteiger partial charge on any atom is 0.136 e. The van der Waals surface area contributed by atoms with Crippen molar-refractivity contribution in [3.63, 3.8) is 0 Å². The van der Waals surface area contributed by atoms with Crippen molar-refractivity contribution < 1.29 is 5.11 Å². The summed E-state index contributed by atoms with van der Waals surface area (Å²) in [6.07, 6.45) is 3.95. The van der Waals surface area contributed by atoms with Gasteiger partial charge in [0.1, 0.15) is 5.65 Å². The van der Waals surface area contributed by atoms with Gasteiger partial charge in [-0.05, 0) is 31.0 Å². The van der Waals surface area contributed by atoms with Crippen LogP contribution in [0.1, 0.15) is 23.7 Å². The Hall–Kier alpha value is -2.17. The summed E-state index contributed by atoms with van der Waals surface area (Å²) in [5, 5.41) is 13.9. The smallest absolute Gasteiger partial charge is 0.136 e. The molecule has 0 amide bonds. The van der Waals surface area contributed by atoms with Crippen molar-refractivity contribution in [2.24, 2.45) is 0 Å². The van der Waals surface area contributed by atoms with Crippen molar-refractivity contribution >= 4 is 5.65 Å². The third kappa shape index (κ3) is 3.03. The van der Waals surface area contributed by atoms with E-state index in [1.54, 1.807) is 0 Å². The Balaban J connectivity index is 1.68. The van der Waals surface area contributed by atoms with Crippen LogP contribution in [0.3, 0.4) is 0 Å². The fourth-order valence-corrected chi connectivity index (χ4v) is 2.60. The second kappa shape index (κ2) is 5.91. The molecule has 0 radical (unpaired) electrons. The highest BCUT2D eigenvalue weighted by atomic mass is 16.3. The zero-order chi connectivity index (χ0) is 15.6. The molecule has 0 saturated carbocycles. The van der Waals surface area contributed by atoms with Crippen LogP contribution in [0.15, 0.2) is 54.9 Å². The van der Waals surface area contributed by atoms with Crippen molar-refractivity contribution in [3.8, 4) is 0 Å². The highest BCUT2D eigenvalue weighted by molar-refractivity contribution is 5.41. The van der Waals surface area contributed by atoms with Gasteiger partial charge in [-0.2, -0.15) is 0 Å². The number of pyridine rings is 1. The Kier molecular flexibility index (Phi) is 3.96. The second-order valence-electron chi connectivity index (χ2n) is 5.93. The van der Waals surface area contributed by atoms with Crippen LogP contribution in [-0.4, -0.2) is 21.0 Å². The molecule has 114 valence electrons. The maximum atomic E-state index is 10.6. The maximum absolute atomic E-state index is 10.6. The number of imidazole rings is 1. The topological polar surface area (TPSA) is 49.6 Å². The van der Waals surface area contributed by atoms with Gasteiger partial charge in [0.15, 0.2) is 0 Å². The van der Waals surface area contributed by atoms with E-state index in [4.69, 9.17) is 0 Å². The number of rotatable bonds is 5. The Morgan fingerprint density at radius 1 is 1.18 bits per heavy atom. The molecule has 0 fully saturated rings. The van der Waals surface area contributed by atoms with E-state index in [-0.39, 0.29) is 0 Å². The largest absolute Gasteiger partial charge is 0.384 e. The molecule has 0 bridgehead atoms. The molecule has 2 heterocycles. The average molecular weight is 295 g/mol. The van der Waals surface area contributed by atoms with E-state index in [2.05, 4.69) is 33.9 Å². The summed E-state index contributed by atoms with van der Waals surface area (Å²) in [6, 6.07) is 13.8. The molecule has 1 atom stereocenters. The molecule has 3 rings (SSSR count). The van der Waals surface area contributed by atoms with Gasteiger partial charge in [0.25, 0.3) is 0 Å². The van der Waals surface area contributed by atoms with Gasteiger partial charge in [0.2, 0.25) is 0 Å². The molecular weight excluding hydrogens is 274 g/mol. The predicted molar refractivity (Wildman–Crippen MR) is 87.6 cm³/mol. The quantitative estimate of drug-likeness (QED) is 0.761. The van der Waals surface area contributed by atoms with Crippen LogP contribution in [0.4, 0.5) is 0 Å². The van der Waals surface area contributed by atoms with Gasteiger partial charge in [-0.3, -0.25) is 0 Å². The molecule has 22 heavy (non-hydrogen) atoms. The van der Waals surface area contributed by atoms with Gasteiger partial charge >= 0.3 is 0 Å². The lowest BCUT2D eigenvalue weighted by molar-refractivity contribution is 0.0566. The summed E-state index contributed by atoms with van der Waals surface area (Å²) < 4.78 is 2.08. The molecule has 4 nitrogen and oxygen atoms in total. The number of aliphatic hydroxyl groups is 1. The first-order chi connectivity index (χ1) is 10.6. The molecule has 0 aliphatic rings. The first-order valence-corrected chi connectivity index (χ1v) is 7.47. The summed E-state index contributed by atoms with van der Waals surface area (Å²) in [5.74, 6) is 0. The number of nitrogens with zero attached hydrogens (tertiary/aromatic N) is 2. The number of hydrogen-bond donors (Lipinski definition) is 2. The normalized spacial score (nSPS) is 14.1. The molecule has 0 spiro atoms. The third-order valence-corrected chi connectivity index (χ3v) is 3.90. The van der Waals surface area contributed by atoms with Crippen molar-refractivity contribution in [3.05, 3.63) is 71.7 Å². The van der Waals surface area contributed by atoms with Crippen molar-refractivity contribution in [2.45, 2.75) is 26.0 Å². The lowest BCUT2D eigenvalue weighted by Crippen LogP contribution is -2.35. The second-order valence-corrected chi connectivity index (χ2v) is 5.93. The summed E-state index contributed by atoms with van der Waals surface area (Å²) >= 11 is 0. The SMILES string of the molecule is Cc1ccc2ncc(CNCC(C)(O)c3ccccc3)n2c1. The molecule has 4 heteroatoms. The number of fused-ring (bicyclic) bond motifs is 1. The van der Waals surface area contributed by atoms with Crippen molar-refractivity contribution in [1.29, 1.82) is 0 Å². The zero-order valence-electron chi connectivity index (χ0n) is 13.0. The summed E-state index contributed by atoms with van der Waals surface area (Å²) in [4.78, 5) is 4.39. The number of nitrogens with one attached hydrogen (secondary N) is 1.